The molecule has 0 unspecified atom stereocenters. The van der Waals surface area contributed by atoms with Crippen LogP contribution >= 0.6 is 7.37 Å². The lowest BCUT2D eigenvalue weighted by atomic mass is 10.1. The highest BCUT2D eigenvalue weighted by molar-refractivity contribution is 7.58. The topological polar surface area (TPSA) is 26.3 Å². The van der Waals surface area contributed by atoms with Crippen molar-refractivity contribution in [2.45, 2.75) is 201 Å². The molecule has 0 amide bonds. The van der Waals surface area contributed by atoms with Crippen LogP contribution in [0.3, 0.4) is 0 Å². The lowest BCUT2D eigenvalue weighted by Crippen LogP contribution is -2.01. The van der Waals surface area contributed by atoms with Gasteiger partial charge in [0.25, 0.3) is 0 Å². The summed E-state index contributed by atoms with van der Waals surface area (Å²) >= 11 is 0. The van der Waals surface area contributed by atoms with Crippen LogP contribution in [0.25, 0.3) is 0 Å². The van der Waals surface area contributed by atoms with E-state index in [2.05, 4.69) is 38.2 Å². The van der Waals surface area contributed by atoms with E-state index in [1.54, 1.807) is 0 Å². The Kier molecular flexibility index (Phi) is 33.9. The average molecular weight is 595 g/mol. The molecule has 3 heteroatoms. The SMILES string of the molecule is CCCCCCCC/C=C\CCCCCCCCP(=O)(CCCCCCCC/C=C\CCCCCCCC)OCC. The first-order valence-electron chi connectivity index (χ1n) is 18.7. The summed E-state index contributed by atoms with van der Waals surface area (Å²) in [6.07, 6.45) is 48.0. The molecule has 0 aromatic carbocycles. The van der Waals surface area contributed by atoms with Gasteiger partial charge in [0, 0.05) is 12.3 Å². The van der Waals surface area contributed by atoms with Gasteiger partial charge in [0.2, 0.25) is 7.37 Å². The quantitative estimate of drug-likeness (QED) is 0.0421. The monoisotopic (exact) mass is 595 g/mol. The Morgan fingerprint density at radius 1 is 0.390 bits per heavy atom. The molecule has 0 aliphatic carbocycles. The van der Waals surface area contributed by atoms with Crippen LogP contribution in [-0.4, -0.2) is 18.9 Å². The second-order valence-electron chi connectivity index (χ2n) is 12.6. The predicted molar refractivity (Wildman–Crippen MR) is 188 cm³/mol. The zero-order chi connectivity index (χ0) is 30.0. The van der Waals surface area contributed by atoms with Crippen LogP contribution in [0.4, 0.5) is 0 Å². The minimum atomic E-state index is -2.41. The number of hydrogen-bond acceptors (Lipinski definition) is 2. The summed E-state index contributed by atoms with van der Waals surface area (Å²) in [6, 6.07) is 0. The molecule has 0 aromatic rings. The van der Waals surface area contributed by atoms with Gasteiger partial charge in [0.15, 0.2) is 0 Å². The molecule has 0 fully saturated rings. The fourth-order valence-corrected chi connectivity index (χ4v) is 8.04. The van der Waals surface area contributed by atoms with Crippen LogP contribution in [0.15, 0.2) is 24.3 Å². The molecule has 0 spiro atoms. The number of unbranched alkanes of at least 4 members (excludes halogenated alkanes) is 24. The summed E-state index contributed by atoms with van der Waals surface area (Å²) in [5, 5.41) is 0. The molecule has 0 aliphatic rings. The highest BCUT2D eigenvalue weighted by Gasteiger charge is 2.21. The van der Waals surface area contributed by atoms with Crippen molar-refractivity contribution < 1.29 is 9.09 Å². The van der Waals surface area contributed by atoms with Crippen molar-refractivity contribution in [3.05, 3.63) is 24.3 Å². The molecule has 0 N–H and O–H groups in total. The van der Waals surface area contributed by atoms with Gasteiger partial charge < -0.3 is 4.52 Å². The third-order valence-corrected chi connectivity index (χ3v) is 11.1. The Balaban J connectivity index is 3.59. The van der Waals surface area contributed by atoms with Crippen molar-refractivity contribution in [2.24, 2.45) is 0 Å². The van der Waals surface area contributed by atoms with Gasteiger partial charge in [-0.1, -0.05) is 154 Å². The second-order valence-corrected chi connectivity index (χ2v) is 15.3. The maximum atomic E-state index is 13.3. The number of rotatable bonds is 34. The molecule has 41 heavy (non-hydrogen) atoms. The Morgan fingerprint density at radius 3 is 0.951 bits per heavy atom. The van der Waals surface area contributed by atoms with E-state index in [1.165, 1.54) is 167 Å². The molecule has 0 atom stereocenters. The summed E-state index contributed by atoms with van der Waals surface area (Å²) in [5.41, 5.74) is 0. The lowest BCUT2D eigenvalue weighted by Gasteiger charge is -2.18. The third kappa shape index (κ3) is 32.4. The fraction of sp³-hybridized carbons (Fsp3) is 0.895. The minimum Gasteiger partial charge on any atom is -0.329 e. The molecule has 0 radical (unpaired) electrons. The highest BCUT2D eigenvalue weighted by Crippen LogP contribution is 2.48. The van der Waals surface area contributed by atoms with Gasteiger partial charge in [-0.2, -0.15) is 0 Å². The van der Waals surface area contributed by atoms with Crippen molar-refractivity contribution in [2.75, 3.05) is 18.9 Å². The molecule has 0 heterocycles. The van der Waals surface area contributed by atoms with Gasteiger partial charge in [0.05, 0.1) is 6.61 Å². The molecular weight excluding hydrogens is 519 g/mol. The third-order valence-electron chi connectivity index (χ3n) is 8.39. The van der Waals surface area contributed by atoms with E-state index in [0.29, 0.717) is 6.61 Å². The first kappa shape index (κ1) is 40.7. The van der Waals surface area contributed by atoms with Gasteiger partial charge in [-0.3, -0.25) is 4.57 Å². The van der Waals surface area contributed by atoms with Crippen molar-refractivity contribution in [1.82, 2.24) is 0 Å². The lowest BCUT2D eigenvalue weighted by molar-refractivity contribution is 0.330. The van der Waals surface area contributed by atoms with E-state index >= 15 is 0 Å². The highest BCUT2D eigenvalue weighted by atomic mass is 31.2. The molecule has 0 rings (SSSR count). The smallest absolute Gasteiger partial charge is 0.203 e. The van der Waals surface area contributed by atoms with E-state index in [0.717, 1.165) is 25.2 Å². The van der Waals surface area contributed by atoms with Crippen LogP contribution in [0.2, 0.25) is 0 Å². The summed E-state index contributed by atoms with van der Waals surface area (Å²) in [7, 11) is -2.41. The average Bonchev–Trinajstić information content (AvgIpc) is 2.97. The van der Waals surface area contributed by atoms with Gasteiger partial charge in [-0.25, -0.2) is 0 Å². The van der Waals surface area contributed by atoms with Gasteiger partial charge in [-0.15, -0.1) is 0 Å². The maximum Gasteiger partial charge on any atom is 0.203 e. The predicted octanol–water partition coefficient (Wildman–Crippen LogP) is 14.4. The summed E-state index contributed by atoms with van der Waals surface area (Å²) in [5.74, 6) is 0. The zero-order valence-electron chi connectivity index (χ0n) is 28.5. The van der Waals surface area contributed by atoms with Crippen LogP contribution < -0.4 is 0 Å². The fourth-order valence-electron chi connectivity index (χ4n) is 5.68. The first-order valence-corrected chi connectivity index (χ1v) is 20.7. The Morgan fingerprint density at radius 2 is 0.659 bits per heavy atom. The van der Waals surface area contributed by atoms with E-state index in [4.69, 9.17) is 4.52 Å². The van der Waals surface area contributed by atoms with Crippen molar-refractivity contribution in [1.29, 1.82) is 0 Å². The largest absolute Gasteiger partial charge is 0.329 e. The molecule has 0 saturated heterocycles. The van der Waals surface area contributed by atoms with Crippen LogP contribution in [-0.2, 0) is 9.09 Å². The molecule has 0 aliphatic heterocycles. The first-order chi connectivity index (χ1) is 20.2. The Labute approximate surface area is 259 Å². The van der Waals surface area contributed by atoms with Gasteiger partial charge >= 0.3 is 0 Å². The number of hydrogen-bond donors (Lipinski definition) is 0. The molecule has 0 aromatic heterocycles. The van der Waals surface area contributed by atoms with Crippen LogP contribution in [0, 0.1) is 0 Å². The summed E-state index contributed by atoms with van der Waals surface area (Å²) < 4.78 is 19.1. The summed E-state index contributed by atoms with van der Waals surface area (Å²) in [4.78, 5) is 0. The minimum absolute atomic E-state index is 0.593. The molecule has 2 nitrogen and oxygen atoms in total. The van der Waals surface area contributed by atoms with Crippen molar-refractivity contribution >= 4 is 7.37 Å². The van der Waals surface area contributed by atoms with Gasteiger partial charge in [-0.05, 0) is 71.1 Å². The van der Waals surface area contributed by atoms with E-state index < -0.39 is 7.37 Å². The van der Waals surface area contributed by atoms with Crippen LogP contribution in [0.1, 0.15) is 201 Å². The number of allylic oxidation sites excluding steroid dienone is 4. The molecular formula is C38H75O2P. The van der Waals surface area contributed by atoms with Crippen molar-refractivity contribution in [3.8, 4) is 0 Å². The van der Waals surface area contributed by atoms with E-state index in [-0.39, 0.29) is 0 Å². The molecule has 0 saturated carbocycles. The van der Waals surface area contributed by atoms with Gasteiger partial charge in [0.1, 0.15) is 0 Å². The second kappa shape index (κ2) is 34.2. The van der Waals surface area contributed by atoms with Crippen molar-refractivity contribution in [3.63, 3.8) is 0 Å². The normalized spacial score (nSPS) is 12.4. The van der Waals surface area contributed by atoms with E-state index in [9.17, 15) is 4.57 Å². The maximum absolute atomic E-state index is 13.3. The standard InChI is InChI=1S/C38H75O2P/c1-4-7-9-11-13-15-17-19-21-23-25-27-29-31-33-35-37-41(39,40-6-3)38-36-34-32-30-28-26-24-22-20-18-16-14-12-10-8-5-2/h19-22H,4-18,23-38H2,1-3H3/b21-19-,22-20-. The molecule has 244 valence electrons. The molecule has 0 bridgehead atoms. The van der Waals surface area contributed by atoms with Crippen LogP contribution in [0.5, 0.6) is 0 Å². The Hall–Kier alpha value is -0.330. The zero-order valence-corrected chi connectivity index (χ0v) is 29.4. The Bertz CT molecular complexity index is 551. The summed E-state index contributed by atoms with van der Waals surface area (Å²) in [6.45, 7) is 7.16. The van der Waals surface area contributed by atoms with E-state index in [1.807, 2.05) is 6.92 Å².